The molecule has 28 heavy (non-hydrogen) atoms. The van der Waals surface area contributed by atoms with Crippen molar-refractivity contribution in [1.29, 1.82) is 0 Å². The number of nitrogens with one attached hydrogen (secondary N) is 2. The fourth-order valence-electron chi connectivity index (χ4n) is 3.44. The summed E-state index contributed by atoms with van der Waals surface area (Å²) in [7, 11) is 0. The van der Waals surface area contributed by atoms with E-state index in [1.807, 2.05) is 40.9 Å². The summed E-state index contributed by atoms with van der Waals surface area (Å²) < 4.78 is 2.00. The van der Waals surface area contributed by atoms with Crippen LogP contribution in [0.2, 0.25) is 0 Å². The number of thiophene rings is 1. The first-order valence-corrected chi connectivity index (χ1v) is 10.8. The largest absolute Gasteiger partial charge is 0.322 e. The average molecular weight is 409 g/mol. The van der Waals surface area contributed by atoms with E-state index in [0.29, 0.717) is 16.6 Å². The molecule has 4 aromatic rings. The van der Waals surface area contributed by atoms with Crippen LogP contribution in [0.3, 0.4) is 0 Å². The Hall–Kier alpha value is -2.84. The zero-order valence-electron chi connectivity index (χ0n) is 14.8. The van der Waals surface area contributed by atoms with Crippen molar-refractivity contribution < 1.29 is 4.79 Å². The van der Waals surface area contributed by atoms with E-state index in [-0.39, 0.29) is 11.5 Å². The van der Waals surface area contributed by atoms with Crippen molar-refractivity contribution in [2.75, 3.05) is 11.1 Å². The Morgan fingerprint density at radius 1 is 1.25 bits per heavy atom. The topological polar surface area (TPSA) is 79.8 Å². The minimum Gasteiger partial charge on any atom is -0.322 e. The van der Waals surface area contributed by atoms with Crippen molar-refractivity contribution >= 4 is 45.6 Å². The highest BCUT2D eigenvalue weighted by molar-refractivity contribution is 7.98. The first-order valence-electron chi connectivity index (χ1n) is 8.85. The van der Waals surface area contributed by atoms with E-state index in [1.54, 1.807) is 29.5 Å². The lowest BCUT2D eigenvalue weighted by atomic mass is 10.1. The van der Waals surface area contributed by atoms with Gasteiger partial charge in [0.25, 0.3) is 11.5 Å². The van der Waals surface area contributed by atoms with Gasteiger partial charge >= 0.3 is 0 Å². The highest BCUT2D eigenvalue weighted by atomic mass is 32.2. The number of hydrogen-bond acceptors (Lipinski definition) is 5. The van der Waals surface area contributed by atoms with E-state index in [2.05, 4.69) is 15.3 Å². The molecule has 3 aromatic heterocycles. The lowest BCUT2D eigenvalue weighted by Crippen LogP contribution is -2.17. The van der Waals surface area contributed by atoms with E-state index >= 15 is 0 Å². The first-order chi connectivity index (χ1) is 13.7. The van der Waals surface area contributed by atoms with Crippen molar-refractivity contribution in [2.24, 2.45) is 0 Å². The van der Waals surface area contributed by atoms with Gasteiger partial charge in [0.2, 0.25) is 0 Å². The van der Waals surface area contributed by atoms with Crippen LogP contribution >= 0.6 is 23.1 Å². The Morgan fingerprint density at radius 2 is 2.11 bits per heavy atom. The quantitative estimate of drug-likeness (QED) is 0.540. The van der Waals surface area contributed by atoms with Crippen LogP contribution < -0.4 is 10.9 Å². The molecule has 1 aliphatic heterocycles. The molecule has 0 fully saturated rings. The van der Waals surface area contributed by atoms with Crippen LogP contribution in [0, 0.1) is 0 Å². The Bertz CT molecular complexity index is 1240. The third-order valence-corrected chi connectivity index (χ3v) is 7.18. The van der Waals surface area contributed by atoms with Crippen molar-refractivity contribution in [3.8, 4) is 5.00 Å². The van der Waals surface area contributed by atoms with Gasteiger partial charge in [-0.2, -0.15) is 11.8 Å². The van der Waals surface area contributed by atoms with Gasteiger partial charge in [-0.15, -0.1) is 11.3 Å². The van der Waals surface area contributed by atoms with Crippen molar-refractivity contribution in [1.82, 2.24) is 14.5 Å². The number of aromatic nitrogens is 3. The molecule has 140 valence electrons. The number of benzene rings is 1. The second-order valence-corrected chi connectivity index (χ2v) is 8.68. The number of rotatable bonds is 3. The van der Waals surface area contributed by atoms with Gasteiger partial charge in [-0.25, -0.2) is 4.98 Å². The Labute approximate surface area is 168 Å². The summed E-state index contributed by atoms with van der Waals surface area (Å²) in [5.74, 6) is 1.82. The summed E-state index contributed by atoms with van der Waals surface area (Å²) in [5.41, 5.74) is 2.83. The molecule has 0 bridgehead atoms. The highest BCUT2D eigenvalue weighted by Crippen LogP contribution is 2.38. The minimum absolute atomic E-state index is 0.146. The molecule has 1 aliphatic rings. The third-order valence-electron chi connectivity index (χ3n) is 4.77. The van der Waals surface area contributed by atoms with Gasteiger partial charge in [0.1, 0.15) is 5.00 Å². The minimum atomic E-state index is -0.223. The fourth-order valence-corrected chi connectivity index (χ4v) is 5.89. The number of aromatic amines is 1. The Balaban J connectivity index is 1.56. The Kier molecular flexibility index (Phi) is 4.29. The molecule has 5 rings (SSSR count). The van der Waals surface area contributed by atoms with E-state index in [9.17, 15) is 9.59 Å². The maximum atomic E-state index is 13.3. The number of fused-ring (bicyclic) bond motifs is 2. The molecular weight excluding hydrogens is 392 g/mol. The lowest BCUT2D eigenvalue weighted by Gasteiger charge is -2.13. The molecule has 0 aliphatic carbocycles. The zero-order chi connectivity index (χ0) is 19.1. The highest BCUT2D eigenvalue weighted by Gasteiger charge is 2.26. The van der Waals surface area contributed by atoms with Gasteiger partial charge in [-0.05, 0) is 48.1 Å². The molecule has 0 saturated heterocycles. The SMILES string of the molecule is O=C(Nc1ccc2nc[nH]c(=O)c2c1)c1c(-n2cccc2)sc2c1CCSC2. The predicted octanol–water partition coefficient (Wildman–Crippen LogP) is 3.82. The maximum Gasteiger partial charge on any atom is 0.258 e. The van der Waals surface area contributed by atoms with E-state index < -0.39 is 0 Å². The van der Waals surface area contributed by atoms with Gasteiger partial charge < -0.3 is 14.9 Å². The second-order valence-electron chi connectivity index (χ2n) is 6.49. The average Bonchev–Trinajstić information content (AvgIpc) is 3.36. The molecular formula is C20H16N4O2S2. The molecule has 0 spiro atoms. The molecule has 4 heterocycles. The number of carbonyl (C=O) groups is 1. The zero-order valence-corrected chi connectivity index (χ0v) is 16.4. The number of H-pyrrole nitrogens is 1. The summed E-state index contributed by atoms with van der Waals surface area (Å²) in [5, 5.41) is 4.38. The molecule has 0 unspecified atom stereocenters. The van der Waals surface area contributed by atoms with Crippen LogP contribution in [0.25, 0.3) is 15.9 Å². The normalized spacial score (nSPS) is 13.4. The second kappa shape index (κ2) is 6.96. The molecule has 8 heteroatoms. The first kappa shape index (κ1) is 17.3. The number of carbonyl (C=O) groups excluding carboxylic acids is 1. The van der Waals surface area contributed by atoms with Crippen molar-refractivity contribution in [3.05, 3.63) is 75.4 Å². The summed E-state index contributed by atoms with van der Waals surface area (Å²) in [6.07, 6.45) is 6.19. The van der Waals surface area contributed by atoms with Crippen LogP contribution in [0.4, 0.5) is 5.69 Å². The summed E-state index contributed by atoms with van der Waals surface area (Å²) >= 11 is 3.58. The van der Waals surface area contributed by atoms with Crippen LogP contribution in [-0.2, 0) is 12.2 Å². The monoisotopic (exact) mass is 408 g/mol. The lowest BCUT2D eigenvalue weighted by molar-refractivity contribution is 0.102. The summed E-state index contributed by atoms with van der Waals surface area (Å²) in [6, 6.07) is 9.10. The predicted molar refractivity (Wildman–Crippen MR) is 114 cm³/mol. The molecule has 6 nitrogen and oxygen atoms in total. The number of nitrogens with zero attached hydrogens (tertiary/aromatic N) is 2. The van der Waals surface area contributed by atoms with E-state index in [1.165, 1.54) is 11.2 Å². The van der Waals surface area contributed by atoms with Gasteiger partial charge in [-0.1, -0.05) is 0 Å². The van der Waals surface area contributed by atoms with Gasteiger partial charge in [0.15, 0.2) is 0 Å². The molecule has 0 atom stereocenters. The van der Waals surface area contributed by atoms with Crippen molar-refractivity contribution in [2.45, 2.75) is 12.2 Å². The van der Waals surface area contributed by atoms with Crippen LogP contribution in [0.5, 0.6) is 0 Å². The standard InChI is InChI=1S/C20H16N4O2S2/c25-18-14-9-12(3-4-15(14)21-11-22-18)23-19(26)17-13-5-8-27-10-16(13)28-20(17)24-6-1-2-7-24/h1-4,6-7,9,11H,5,8,10H2,(H,23,26)(H,21,22,25). The van der Waals surface area contributed by atoms with Gasteiger partial charge in [-0.3, -0.25) is 9.59 Å². The van der Waals surface area contributed by atoms with Crippen molar-refractivity contribution in [3.63, 3.8) is 0 Å². The Morgan fingerprint density at radius 3 is 2.96 bits per heavy atom. The molecule has 2 N–H and O–H groups in total. The van der Waals surface area contributed by atoms with Gasteiger partial charge in [0.05, 0.1) is 22.8 Å². The van der Waals surface area contributed by atoms with Crippen LogP contribution in [0.1, 0.15) is 20.8 Å². The van der Waals surface area contributed by atoms with Crippen LogP contribution in [0.15, 0.2) is 53.8 Å². The summed E-state index contributed by atoms with van der Waals surface area (Å²) in [4.78, 5) is 33.3. The fraction of sp³-hybridized carbons (Fsp3) is 0.150. The van der Waals surface area contributed by atoms with E-state index in [0.717, 1.165) is 34.1 Å². The third kappa shape index (κ3) is 2.94. The number of thioether (sulfide) groups is 1. The van der Waals surface area contributed by atoms with E-state index in [4.69, 9.17) is 0 Å². The number of amides is 1. The number of hydrogen-bond donors (Lipinski definition) is 2. The van der Waals surface area contributed by atoms with Crippen LogP contribution in [-0.4, -0.2) is 26.2 Å². The number of anilines is 1. The molecule has 1 aromatic carbocycles. The summed E-state index contributed by atoms with van der Waals surface area (Å²) in [6.45, 7) is 0. The molecule has 0 radical (unpaired) electrons. The van der Waals surface area contributed by atoms with Gasteiger partial charge in [0, 0.05) is 28.7 Å². The smallest absolute Gasteiger partial charge is 0.258 e. The molecule has 1 amide bonds. The maximum absolute atomic E-state index is 13.3. The molecule has 0 saturated carbocycles.